The third-order valence-corrected chi connectivity index (χ3v) is 6.50. The van der Waals surface area contributed by atoms with Crippen LogP contribution in [-0.2, 0) is 13.5 Å². The van der Waals surface area contributed by atoms with E-state index in [1.807, 2.05) is 6.92 Å². The van der Waals surface area contributed by atoms with Crippen LogP contribution >= 0.6 is 0 Å². The SMILES string of the molecule is Cc1[nH]ncc1-c1ccc(F)c(C(=O)N2CCc3c(nn(C)c3-c3cc(F)c(F)c(F)c3)[C@@H]2C)c1. The minimum absolute atomic E-state index is 0.0720. The molecule has 5 rings (SSSR count). The van der Waals surface area contributed by atoms with Gasteiger partial charge in [-0.1, -0.05) is 6.07 Å². The highest BCUT2D eigenvalue weighted by atomic mass is 19.2. The number of aromatic amines is 1. The van der Waals surface area contributed by atoms with Gasteiger partial charge in [0.15, 0.2) is 17.5 Å². The summed E-state index contributed by atoms with van der Waals surface area (Å²) in [5.74, 6) is -5.26. The summed E-state index contributed by atoms with van der Waals surface area (Å²) >= 11 is 0. The van der Waals surface area contributed by atoms with Gasteiger partial charge in [-0.3, -0.25) is 14.6 Å². The number of hydrogen-bond acceptors (Lipinski definition) is 3. The molecule has 4 aromatic rings. The third kappa shape index (κ3) is 3.69. The van der Waals surface area contributed by atoms with Crippen LogP contribution in [0.25, 0.3) is 22.4 Å². The molecule has 1 aliphatic heterocycles. The molecule has 0 spiro atoms. The Kier molecular flexibility index (Phi) is 5.46. The minimum Gasteiger partial charge on any atom is -0.330 e. The molecule has 0 bridgehead atoms. The summed E-state index contributed by atoms with van der Waals surface area (Å²) in [7, 11) is 1.61. The maximum Gasteiger partial charge on any atom is 0.257 e. The van der Waals surface area contributed by atoms with Crippen LogP contribution in [0.2, 0.25) is 0 Å². The van der Waals surface area contributed by atoms with Gasteiger partial charge in [0.05, 0.1) is 29.2 Å². The fraction of sp³-hybridized carbons (Fsp3) is 0.240. The lowest BCUT2D eigenvalue weighted by atomic mass is 9.94. The standard InChI is InChI=1S/C25H21F4N5O/c1-12-18(11-30-31-12)14-4-5-19(26)17(8-14)25(35)34-7-6-16-23(13(34)2)32-33(3)24(16)15-9-20(27)22(29)21(28)10-15/h4-5,8-11,13H,6-7H2,1-3H3,(H,30,31)/t13-/m0/s1. The van der Waals surface area contributed by atoms with E-state index < -0.39 is 35.2 Å². The highest BCUT2D eigenvalue weighted by molar-refractivity contribution is 5.96. The summed E-state index contributed by atoms with van der Waals surface area (Å²) in [5, 5.41) is 11.3. The van der Waals surface area contributed by atoms with Crippen LogP contribution in [0.15, 0.2) is 36.5 Å². The van der Waals surface area contributed by atoms with E-state index in [2.05, 4.69) is 15.3 Å². The average Bonchev–Trinajstić information content (AvgIpc) is 3.40. The lowest BCUT2D eigenvalue weighted by Crippen LogP contribution is -2.39. The summed E-state index contributed by atoms with van der Waals surface area (Å²) in [5.41, 5.74) is 3.98. The second-order valence-electron chi connectivity index (χ2n) is 8.62. The maximum absolute atomic E-state index is 14.7. The Morgan fingerprint density at radius 2 is 1.77 bits per heavy atom. The molecule has 0 saturated carbocycles. The zero-order chi connectivity index (χ0) is 25.0. The van der Waals surface area contributed by atoms with Gasteiger partial charge in [-0.2, -0.15) is 10.2 Å². The number of halogens is 4. The van der Waals surface area contributed by atoms with Gasteiger partial charge in [0, 0.05) is 36.0 Å². The van der Waals surface area contributed by atoms with Crippen LogP contribution < -0.4 is 0 Å². The molecule has 0 radical (unpaired) electrons. The van der Waals surface area contributed by atoms with Crippen molar-refractivity contribution < 1.29 is 22.4 Å². The molecule has 1 atom stereocenters. The van der Waals surface area contributed by atoms with Gasteiger partial charge in [0.1, 0.15) is 5.82 Å². The van der Waals surface area contributed by atoms with Crippen molar-refractivity contribution in [2.45, 2.75) is 26.3 Å². The van der Waals surface area contributed by atoms with Gasteiger partial charge in [0.25, 0.3) is 5.91 Å². The van der Waals surface area contributed by atoms with Gasteiger partial charge >= 0.3 is 0 Å². The summed E-state index contributed by atoms with van der Waals surface area (Å²) in [6.45, 7) is 3.84. The van der Waals surface area contributed by atoms with Crippen molar-refractivity contribution in [2.24, 2.45) is 7.05 Å². The van der Waals surface area contributed by atoms with E-state index in [9.17, 15) is 22.4 Å². The van der Waals surface area contributed by atoms with Crippen LogP contribution in [0.3, 0.4) is 0 Å². The van der Waals surface area contributed by atoms with E-state index >= 15 is 0 Å². The molecule has 1 N–H and O–H groups in total. The number of H-pyrrole nitrogens is 1. The lowest BCUT2D eigenvalue weighted by Gasteiger charge is -2.33. The normalized spacial score (nSPS) is 15.4. The van der Waals surface area contributed by atoms with Crippen LogP contribution in [0, 0.1) is 30.2 Å². The molecule has 1 amide bonds. The molecule has 0 unspecified atom stereocenters. The van der Waals surface area contributed by atoms with Crippen molar-refractivity contribution in [3.8, 4) is 22.4 Å². The van der Waals surface area contributed by atoms with Gasteiger partial charge in [-0.15, -0.1) is 0 Å². The third-order valence-electron chi connectivity index (χ3n) is 6.50. The first kappa shape index (κ1) is 22.8. The monoisotopic (exact) mass is 483 g/mol. The molecular weight excluding hydrogens is 462 g/mol. The zero-order valence-corrected chi connectivity index (χ0v) is 19.2. The van der Waals surface area contributed by atoms with E-state index in [1.54, 1.807) is 26.2 Å². The number of amides is 1. The predicted molar refractivity (Wildman–Crippen MR) is 120 cm³/mol. The second kappa shape index (κ2) is 8.37. The zero-order valence-electron chi connectivity index (χ0n) is 19.2. The Morgan fingerprint density at radius 3 is 2.43 bits per heavy atom. The topological polar surface area (TPSA) is 66.8 Å². The van der Waals surface area contributed by atoms with Gasteiger partial charge in [0.2, 0.25) is 0 Å². The molecule has 180 valence electrons. The number of aromatic nitrogens is 4. The summed E-state index contributed by atoms with van der Waals surface area (Å²) < 4.78 is 57.5. The Morgan fingerprint density at radius 1 is 1.06 bits per heavy atom. The largest absolute Gasteiger partial charge is 0.330 e. The fourth-order valence-corrected chi connectivity index (χ4v) is 4.73. The number of nitrogens with zero attached hydrogens (tertiary/aromatic N) is 4. The number of nitrogens with one attached hydrogen (secondary N) is 1. The maximum atomic E-state index is 14.7. The molecule has 0 fully saturated rings. The molecule has 3 heterocycles. The lowest BCUT2D eigenvalue weighted by molar-refractivity contribution is 0.0669. The highest BCUT2D eigenvalue weighted by Crippen LogP contribution is 2.37. The van der Waals surface area contributed by atoms with E-state index in [0.29, 0.717) is 28.9 Å². The number of aryl methyl sites for hydroxylation is 2. The summed E-state index contributed by atoms with van der Waals surface area (Å²) in [4.78, 5) is 14.9. The highest BCUT2D eigenvalue weighted by Gasteiger charge is 2.34. The van der Waals surface area contributed by atoms with Crippen LogP contribution in [0.1, 0.15) is 40.3 Å². The minimum atomic E-state index is -1.54. The molecule has 10 heteroatoms. The van der Waals surface area contributed by atoms with Crippen molar-refractivity contribution in [1.29, 1.82) is 0 Å². The summed E-state index contributed by atoms with van der Waals surface area (Å²) in [6, 6.07) is 5.68. The fourth-order valence-electron chi connectivity index (χ4n) is 4.73. The van der Waals surface area contributed by atoms with E-state index in [1.165, 1.54) is 21.7 Å². The molecule has 0 aliphatic carbocycles. The molecule has 35 heavy (non-hydrogen) atoms. The van der Waals surface area contributed by atoms with Crippen LogP contribution in [-0.4, -0.2) is 37.3 Å². The van der Waals surface area contributed by atoms with Crippen molar-refractivity contribution >= 4 is 5.91 Å². The number of carbonyl (C=O) groups excluding carboxylic acids is 1. The molecule has 6 nitrogen and oxygen atoms in total. The summed E-state index contributed by atoms with van der Waals surface area (Å²) in [6.07, 6.45) is 1.94. The first-order chi connectivity index (χ1) is 16.7. The Labute approximate surface area is 198 Å². The van der Waals surface area contributed by atoms with Crippen molar-refractivity contribution in [2.75, 3.05) is 6.54 Å². The van der Waals surface area contributed by atoms with Gasteiger partial charge < -0.3 is 4.90 Å². The molecule has 2 aromatic heterocycles. The molecule has 2 aromatic carbocycles. The Balaban J connectivity index is 1.50. The molecule has 0 saturated heterocycles. The first-order valence-electron chi connectivity index (χ1n) is 11.0. The quantitative estimate of drug-likeness (QED) is 0.326. The van der Waals surface area contributed by atoms with Gasteiger partial charge in [-0.25, -0.2) is 17.6 Å². The van der Waals surface area contributed by atoms with Crippen LogP contribution in [0.4, 0.5) is 17.6 Å². The molecular formula is C25H21F4N5O. The van der Waals surface area contributed by atoms with Crippen molar-refractivity contribution in [3.63, 3.8) is 0 Å². The predicted octanol–water partition coefficient (Wildman–Crippen LogP) is 5.10. The first-order valence-corrected chi connectivity index (χ1v) is 11.0. The van der Waals surface area contributed by atoms with Crippen molar-refractivity contribution in [1.82, 2.24) is 24.9 Å². The number of benzene rings is 2. The molecule has 1 aliphatic rings. The number of hydrogen-bond donors (Lipinski definition) is 1. The number of fused-ring (bicyclic) bond motifs is 1. The number of rotatable bonds is 3. The smallest absolute Gasteiger partial charge is 0.257 e. The van der Waals surface area contributed by atoms with Crippen molar-refractivity contribution in [3.05, 3.63) is 82.3 Å². The van der Waals surface area contributed by atoms with E-state index in [4.69, 9.17) is 0 Å². The Hall–Kier alpha value is -3.95. The second-order valence-corrected chi connectivity index (χ2v) is 8.62. The van der Waals surface area contributed by atoms with Gasteiger partial charge in [-0.05, 0) is 50.1 Å². The van der Waals surface area contributed by atoms with Crippen LogP contribution in [0.5, 0.6) is 0 Å². The Bertz CT molecular complexity index is 1450. The average molecular weight is 483 g/mol. The van der Waals surface area contributed by atoms with E-state index in [0.717, 1.165) is 23.4 Å². The number of carbonyl (C=O) groups is 1. The van der Waals surface area contributed by atoms with E-state index in [-0.39, 0.29) is 17.7 Å².